The molecule has 2 aliphatic carbocycles. The van der Waals surface area contributed by atoms with Crippen molar-refractivity contribution >= 4 is 35.4 Å². The minimum absolute atomic E-state index is 0.0175. The monoisotopic (exact) mass is 526 g/mol. The van der Waals surface area contributed by atoms with Gasteiger partial charge in [-0.05, 0) is 56.8 Å². The van der Waals surface area contributed by atoms with E-state index in [-0.39, 0.29) is 31.1 Å². The first-order valence-corrected chi connectivity index (χ1v) is 12.8. The Balaban J connectivity index is 1.79. The highest BCUT2D eigenvalue weighted by atomic mass is 16.4. The molecule has 0 aromatic heterocycles. The van der Waals surface area contributed by atoms with Crippen molar-refractivity contribution in [3.63, 3.8) is 0 Å². The molecular formula is C27H34N4O7. The van der Waals surface area contributed by atoms with Gasteiger partial charge in [0, 0.05) is 18.7 Å². The Morgan fingerprint density at radius 2 is 1.79 bits per heavy atom. The second-order valence-corrected chi connectivity index (χ2v) is 9.90. The molecule has 204 valence electrons. The zero-order chi connectivity index (χ0) is 28.0. The van der Waals surface area contributed by atoms with Gasteiger partial charge >= 0.3 is 6.09 Å². The topological polar surface area (TPSA) is 162 Å². The second-order valence-electron chi connectivity index (χ2n) is 9.90. The molecule has 1 fully saturated rings. The fraction of sp³-hybridized carbons (Fsp3) is 0.481. The van der Waals surface area contributed by atoms with E-state index in [9.17, 15) is 33.9 Å². The number of hydrogen-bond acceptors (Lipinski definition) is 6. The molecule has 0 aromatic rings. The summed E-state index contributed by atoms with van der Waals surface area (Å²) in [7, 11) is 0. The van der Waals surface area contributed by atoms with Gasteiger partial charge in [0.1, 0.15) is 12.1 Å². The van der Waals surface area contributed by atoms with Crippen LogP contribution in [-0.4, -0.2) is 69.6 Å². The van der Waals surface area contributed by atoms with Crippen molar-refractivity contribution in [1.29, 1.82) is 0 Å². The number of nitrogens with zero attached hydrogens (tertiary/aromatic N) is 1. The predicted octanol–water partition coefficient (Wildman–Crippen LogP) is 1.66. The van der Waals surface area contributed by atoms with Crippen LogP contribution in [0.4, 0.5) is 4.79 Å². The summed E-state index contributed by atoms with van der Waals surface area (Å²) < 4.78 is 0. The van der Waals surface area contributed by atoms with Gasteiger partial charge in [0.25, 0.3) is 5.91 Å². The van der Waals surface area contributed by atoms with Gasteiger partial charge < -0.3 is 21.1 Å². The highest BCUT2D eigenvalue weighted by molar-refractivity contribution is 6.38. The largest absolute Gasteiger partial charge is 0.465 e. The quantitative estimate of drug-likeness (QED) is 0.210. The Labute approximate surface area is 221 Å². The molecule has 38 heavy (non-hydrogen) atoms. The van der Waals surface area contributed by atoms with Crippen LogP contribution in [0.2, 0.25) is 0 Å². The maximum absolute atomic E-state index is 13.5. The summed E-state index contributed by atoms with van der Waals surface area (Å²) in [4.78, 5) is 76.9. The first kappa shape index (κ1) is 28.5. The Bertz CT molecular complexity index is 1140. The molecule has 1 aliphatic heterocycles. The summed E-state index contributed by atoms with van der Waals surface area (Å²) in [5, 5.41) is 16.7. The minimum Gasteiger partial charge on any atom is -0.465 e. The SMILES string of the molecule is CCCC(NC(=O)[C@@H]1C2=CC=CC2=CN1C(=O)[C@H](CCC(=O)C=C(C)C)NC(=O)O)C(=O)C(=O)NC1CC1. The van der Waals surface area contributed by atoms with Crippen LogP contribution in [0, 0.1) is 0 Å². The molecule has 1 saturated carbocycles. The molecule has 4 amide bonds. The molecule has 3 atom stereocenters. The number of amides is 4. The number of fused-ring (bicyclic) bond motifs is 1. The van der Waals surface area contributed by atoms with Crippen molar-refractivity contribution in [2.24, 2.45) is 0 Å². The maximum atomic E-state index is 13.5. The van der Waals surface area contributed by atoms with E-state index < -0.39 is 47.7 Å². The number of Topliss-reactive ketones (excluding diaryl/α,β-unsaturated/α-hetero) is 1. The molecule has 0 aromatic carbocycles. The maximum Gasteiger partial charge on any atom is 0.405 e. The number of carbonyl (C=O) groups excluding carboxylic acids is 5. The molecule has 0 bridgehead atoms. The standard InChI is InChI=1S/C27H34N4O7/c1-4-6-20(23(33)25(35)28-17-9-10-17)29-24(34)22-19-8-5-7-16(19)14-31(22)26(36)21(30-27(37)38)12-11-18(32)13-15(2)3/h5,7-8,13-14,17,20-22,30H,4,6,9-12H2,1-3H3,(H,28,35)(H,29,34)(H,37,38)/t20?,21-,22-/m0/s1. The van der Waals surface area contributed by atoms with Crippen molar-refractivity contribution in [3.8, 4) is 0 Å². The number of allylic oxidation sites excluding steroid dienone is 5. The molecule has 0 spiro atoms. The summed E-state index contributed by atoms with van der Waals surface area (Å²) in [5.41, 5.74) is 1.88. The molecule has 4 N–H and O–H groups in total. The first-order valence-electron chi connectivity index (χ1n) is 12.8. The van der Waals surface area contributed by atoms with Crippen LogP contribution < -0.4 is 16.0 Å². The average Bonchev–Trinajstić information content (AvgIpc) is 3.40. The van der Waals surface area contributed by atoms with Gasteiger partial charge in [-0.2, -0.15) is 0 Å². The van der Waals surface area contributed by atoms with Gasteiger partial charge in [-0.1, -0.05) is 37.1 Å². The van der Waals surface area contributed by atoms with Crippen LogP contribution in [-0.2, 0) is 24.0 Å². The number of rotatable bonds is 13. The Kier molecular flexibility index (Phi) is 9.38. The predicted molar refractivity (Wildman–Crippen MR) is 138 cm³/mol. The zero-order valence-corrected chi connectivity index (χ0v) is 21.8. The number of carboxylic acid groups (broad SMARTS) is 1. The fourth-order valence-corrected chi connectivity index (χ4v) is 4.36. The second kappa shape index (κ2) is 12.5. The van der Waals surface area contributed by atoms with E-state index in [0.717, 1.165) is 23.3 Å². The highest BCUT2D eigenvalue weighted by Crippen LogP contribution is 2.33. The third-order valence-corrected chi connectivity index (χ3v) is 6.31. The van der Waals surface area contributed by atoms with Crippen LogP contribution in [0.25, 0.3) is 0 Å². The molecular weight excluding hydrogens is 492 g/mol. The van der Waals surface area contributed by atoms with E-state index >= 15 is 0 Å². The summed E-state index contributed by atoms with van der Waals surface area (Å²) in [6, 6.07) is -3.54. The summed E-state index contributed by atoms with van der Waals surface area (Å²) in [6.07, 6.45) is 8.71. The van der Waals surface area contributed by atoms with Gasteiger partial charge in [-0.3, -0.25) is 28.9 Å². The van der Waals surface area contributed by atoms with Gasteiger partial charge in [-0.25, -0.2) is 4.79 Å². The number of nitrogens with one attached hydrogen (secondary N) is 3. The molecule has 3 aliphatic rings. The normalized spacial score (nSPS) is 18.9. The van der Waals surface area contributed by atoms with Crippen LogP contribution in [0.3, 0.4) is 0 Å². The molecule has 0 radical (unpaired) electrons. The van der Waals surface area contributed by atoms with Gasteiger partial charge in [0.15, 0.2) is 5.78 Å². The number of hydrogen-bond donors (Lipinski definition) is 4. The van der Waals surface area contributed by atoms with E-state index in [1.807, 2.05) is 6.92 Å². The van der Waals surface area contributed by atoms with Gasteiger partial charge in [0.2, 0.25) is 17.6 Å². The lowest BCUT2D eigenvalue weighted by atomic mass is 10.0. The smallest absolute Gasteiger partial charge is 0.405 e. The van der Waals surface area contributed by atoms with E-state index in [1.54, 1.807) is 32.1 Å². The fourth-order valence-electron chi connectivity index (χ4n) is 4.36. The summed E-state index contributed by atoms with van der Waals surface area (Å²) >= 11 is 0. The summed E-state index contributed by atoms with van der Waals surface area (Å²) in [5.74, 6) is -3.13. The van der Waals surface area contributed by atoms with Crippen LogP contribution in [0.15, 0.2) is 47.2 Å². The van der Waals surface area contributed by atoms with Crippen molar-refractivity contribution in [2.75, 3.05) is 0 Å². The Morgan fingerprint density at radius 3 is 2.39 bits per heavy atom. The minimum atomic E-state index is -1.44. The van der Waals surface area contributed by atoms with Crippen LogP contribution >= 0.6 is 0 Å². The van der Waals surface area contributed by atoms with Crippen molar-refractivity contribution in [1.82, 2.24) is 20.9 Å². The van der Waals surface area contributed by atoms with Crippen LogP contribution in [0.1, 0.15) is 59.3 Å². The highest BCUT2D eigenvalue weighted by Gasteiger charge is 2.43. The zero-order valence-electron chi connectivity index (χ0n) is 21.8. The Hall–Kier alpha value is -4.02. The average molecular weight is 527 g/mol. The van der Waals surface area contributed by atoms with Crippen molar-refractivity contribution in [2.45, 2.75) is 83.5 Å². The van der Waals surface area contributed by atoms with E-state index in [0.29, 0.717) is 17.6 Å². The third-order valence-electron chi connectivity index (χ3n) is 6.31. The molecule has 0 saturated heterocycles. The van der Waals surface area contributed by atoms with Crippen LogP contribution in [0.5, 0.6) is 0 Å². The molecule has 1 unspecified atom stereocenters. The van der Waals surface area contributed by atoms with Gasteiger partial charge in [-0.15, -0.1) is 0 Å². The van der Waals surface area contributed by atoms with Crippen molar-refractivity contribution in [3.05, 3.63) is 47.2 Å². The van der Waals surface area contributed by atoms with Crippen molar-refractivity contribution < 1.29 is 33.9 Å². The third kappa shape index (κ3) is 7.27. The Morgan fingerprint density at radius 1 is 1.08 bits per heavy atom. The molecule has 1 heterocycles. The van der Waals surface area contributed by atoms with E-state index in [1.165, 1.54) is 12.3 Å². The molecule has 3 rings (SSSR count). The lowest BCUT2D eigenvalue weighted by Gasteiger charge is -2.29. The van der Waals surface area contributed by atoms with E-state index in [2.05, 4.69) is 16.0 Å². The number of carbonyl (C=O) groups is 6. The molecule has 11 nitrogen and oxygen atoms in total. The van der Waals surface area contributed by atoms with Gasteiger partial charge in [0.05, 0.1) is 6.04 Å². The first-order chi connectivity index (χ1) is 18.0. The lowest BCUT2D eigenvalue weighted by Crippen LogP contribution is -2.56. The number of ketones is 2. The summed E-state index contributed by atoms with van der Waals surface area (Å²) in [6.45, 7) is 5.32. The van der Waals surface area contributed by atoms with E-state index in [4.69, 9.17) is 0 Å². The lowest BCUT2D eigenvalue weighted by molar-refractivity contribution is -0.141. The molecule has 11 heteroatoms.